The third-order valence-corrected chi connectivity index (χ3v) is 1.76. The van der Waals surface area contributed by atoms with Crippen molar-refractivity contribution in [3.63, 3.8) is 0 Å². The van der Waals surface area contributed by atoms with Crippen molar-refractivity contribution in [2.24, 2.45) is 0 Å². The Kier molecular flexibility index (Phi) is 3.55. The van der Waals surface area contributed by atoms with Crippen LogP contribution in [0.25, 0.3) is 0 Å². The highest BCUT2D eigenvalue weighted by molar-refractivity contribution is 5.80. The van der Waals surface area contributed by atoms with E-state index in [2.05, 4.69) is 5.32 Å². The highest BCUT2D eigenvalue weighted by atomic mass is 16.5. The number of nitrogens with one attached hydrogen (secondary N) is 1. The summed E-state index contributed by atoms with van der Waals surface area (Å²) in [4.78, 5) is 11.2. The van der Waals surface area contributed by atoms with Crippen LogP contribution in [0, 0.1) is 11.3 Å². The van der Waals surface area contributed by atoms with Crippen LogP contribution in [0.5, 0.6) is 0 Å². The van der Waals surface area contributed by atoms with E-state index in [9.17, 15) is 4.79 Å². The molecule has 4 heteroatoms. The van der Waals surface area contributed by atoms with Crippen LogP contribution in [0.3, 0.4) is 0 Å². The molecule has 0 spiro atoms. The molecule has 0 bridgehead atoms. The average Bonchev–Trinajstić information content (AvgIpc) is 2.56. The van der Waals surface area contributed by atoms with Gasteiger partial charge in [0.2, 0.25) is 5.91 Å². The summed E-state index contributed by atoms with van der Waals surface area (Å²) in [6.07, 6.45) is 1.84. The van der Waals surface area contributed by atoms with Crippen LogP contribution in [0.1, 0.15) is 19.3 Å². The largest absolute Gasteiger partial charge is 0.368 e. The highest BCUT2D eigenvalue weighted by Crippen LogP contribution is 2.11. The second-order valence-corrected chi connectivity index (χ2v) is 2.70. The Balaban J connectivity index is 2.15. The SMILES string of the molecule is N#CCCNC(=O)[C@@H]1CCCO1. The van der Waals surface area contributed by atoms with Gasteiger partial charge in [-0.3, -0.25) is 4.79 Å². The molecule has 0 aromatic rings. The molecule has 1 aliphatic heterocycles. The summed E-state index contributed by atoms with van der Waals surface area (Å²) in [6, 6.07) is 1.96. The zero-order valence-corrected chi connectivity index (χ0v) is 6.88. The lowest BCUT2D eigenvalue weighted by atomic mass is 10.2. The standard InChI is InChI=1S/C8H12N2O2/c9-4-2-5-10-8(11)7-3-1-6-12-7/h7H,1-3,5-6H2,(H,10,11)/t7-/m0/s1. The topological polar surface area (TPSA) is 62.1 Å². The first kappa shape index (κ1) is 9.01. The Morgan fingerprint density at radius 1 is 1.75 bits per heavy atom. The van der Waals surface area contributed by atoms with Gasteiger partial charge in [-0.15, -0.1) is 0 Å². The molecule has 12 heavy (non-hydrogen) atoms. The first-order valence-electron chi connectivity index (χ1n) is 4.11. The Hall–Kier alpha value is -1.08. The molecule has 0 aliphatic carbocycles. The summed E-state index contributed by atoms with van der Waals surface area (Å²) < 4.78 is 5.15. The maximum Gasteiger partial charge on any atom is 0.249 e. The van der Waals surface area contributed by atoms with Crippen LogP contribution in [-0.4, -0.2) is 25.2 Å². The molecule has 0 aromatic heterocycles. The van der Waals surface area contributed by atoms with E-state index in [0.29, 0.717) is 19.6 Å². The maximum atomic E-state index is 11.2. The number of amides is 1. The molecule has 1 aliphatic rings. The van der Waals surface area contributed by atoms with Gasteiger partial charge < -0.3 is 10.1 Å². The van der Waals surface area contributed by atoms with Gasteiger partial charge in [0.15, 0.2) is 0 Å². The molecule has 1 rings (SSSR count). The van der Waals surface area contributed by atoms with Crippen molar-refractivity contribution >= 4 is 5.91 Å². The summed E-state index contributed by atoms with van der Waals surface area (Å²) in [5.74, 6) is -0.0808. The van der Waals surface area contributed by atoms with Crippen molar-refractivity contribution in [3.05, 3.63) is 0 Å². The van der Waals surface area contributed by atoms with Crippen LogP contribution in [0.2, 0.25) is 0 Å². The van der Waals surface area contributed by atoms with E-state index in [1.807, 2.05) is 6.07 Å². The lowest BCUT2D eigenvalue weighted by Gasteiger charge is -2.08. The number of ether oxygens (including phenoxy) is 1. The van der Waals surface area contributed by atoms with Crippen LogP contribution >= 0.6 is 0 Å². The molecule has 66 valence electrons. The van der Waals surface area contributed by atoms with Gasteiger partial charge in [-0.1, -0.05) is 0 Å². The smallest absolute Gasteiger partial charge is 0.249 e. The van der Waals surface area contributed by atoms with Crippen molar-refractivity contribution in [2.45, 2.75) is 25.4 Å². The van der Waals surface area contributed by atoms with E-state index >= 15 is 0 Å². The fraction of sp³-hybridized carbons (Fsp3) is 0.750. The number of rotatable bonds is 3. The lowest BCUT2D eigenvalue weighted by Crippen LogP contribution is -2.34. The molecular weight excluding hydrogens is 156 g/mol. The van der Waals surface area contributed by atoms with Crippen molar-refractivity contribution in [2.75, 3.05) is 13.2 Å². The predicted octanol–water partition coefficient (Wildman–Crippen LogP) is 0.195. The van der Waals surface area contributed by atoms with Gasteiger partial charge in [0.05, 0.1) is 12.5 Å². The van der Waals surface area contributed by atoms with Crippen LogP contribution < -0.4 is 5.32 Å². The normalized spacial score (nSPS) is 21.8. The van der Waals surface area contributed by atoms with Crippen molar-refractivity contribution < 1.29 is 9.53 Å². The van der Waals surface area contributed by atoms with Gasteiger partial charge in [0, 0.05) is 13.2 Å². The minimum atomic E-state index is -0.274. The van der Waals surface area contributed by atoms with Gasteiger partial charge in [-0.2, -0.15) is 5.26 Å². The molecule has 1 amide bonds. The van der Waals surface area contributed by atoms with Gasteiger partial charge in [0.25, 0.3) is 0 Å². The number of hydrogen-bond donors (Lipinski definition) is 1. The molecule has 4 nitrogen and oxygen atoms in total. The molecule has 0 aromatic carbocycles. The number of nitriles is 1. The fourth-order valence-electron chi connectivity index (χ4n) is 1.14. The fourth-order valence-corrected chi connectivity index (χ4v) is 1.14. The van der Waals surface area contributed by atoms with Gasteiger partial charge in [-0.25, -0.2) is 0 Å². The minimum Gasteiger partial charge on any atom is -0.368 e. The summed E-state index contributed by atoms with van der Waals surface area (Å²) in [7, 11) is 0. The summed E-state index contributed by atoms with van der Waals surface area (Å²) in [6.45, 7) is 1.10. The Bertz CT molecular complexity index is 192. The molecule has 1 atom stereocenters. The summed E-state index contributed by atoms with van der Waals surface area (Å²) >= 11 is 0. The molecular formula is C8H12N2O2. The molecule has 0 saturated carbocycles. The highest BCUT2D eigenvalue weighted by Gasteiger charge is 2.22. The molecule has 1 fully saturated rings. The summed E-state index contributed by atoms with van der Waals surface area (Å²) in [5, 5.41) is 10.9. The number of carbonyl (C=O) groups is 1. The molecule has 0 radical (unpaired) electrons. The van der Waals surface area contributed by atoms with Crippen LogP contribution in [-0.2, 0) is 9.53 Å². The van der Waals surface area contributed by atoms with Crippen LogP contribution in [0.4, 0.5) is 0 Å². The quantitative estimate of drug-likeness (QED) is 0.612. The third kappa shape index (κ3) is 2.51. The Labute approximate surface area is 71.5 Å². The number of hydrogen-bond acceptors (Lipinski definition) is 3. The second kappa shape index (κ2) is 4.73. The van der Waals surface area contributed by atoms with Crippen molar-refractivity contribution in [1.82, 2.24) is 5.32 Å². The Morgan fingerprint density at radius 2 is 2.58 bits per heavy atom. The summed E-state index contributed by atoms with van der Waals surface area (Å²) in [5.41, 5.74) is 0. The first-order valence-corrected chi connectivity index (χ1v) is 4.11. The van der Waals surface area contributed by atoms with E-state index in [1.54, 1.807) is 0 Å². The van der Waals surface area contributed by atoms with E-state index in [1.165, 1.54) is 0 Å². The van der Waals surface area contributed by atoms with Gasteiger partial charge >= 0.3 is 0 Å². The second-order valence-electron chi connectivity index (χ2n) is 2.70. The van der Waals surface area contributed by atoms with E-state index < -0.39 is 0 Å². The average molecular weight is 168 g/mol. The third-order valence-electron chi connectivity index (χ3n) is 1.76. The zero-order chi connectivity index (χ0) is 8.81. The number of carbonyl (C=O) groups excluding carboxylic acids is 1. The molecule has 1 heterocycles. The van der Waals surface area contributed by atoms with Crippen molar-refractivity contribution in [1.29, 1.82) is 5.26 Å². The van der Waals surface area contributed by atoms with E-state index in [4.69, 9.17) is 10.00 Å². The first-order chi connectivity index (χ1) is 5.84. The van der Waals surface area contributed by atoms with Crippen LogP contribution in [0.15, 0.2) is 0 Å². The Morgan fingerprint density at radius 3 is 3.17 bits per heavy atom. The minimum absolute atomic E-state index is 0.0808. The lowest BCUT2D eigenvalue weighted by molar-refractivity contribution is -0.129. The van der Waals surface area contributed by atoms with Gasteiger partial charge in [0.1, 0.15) is 6.10 Å². The van der Waals surface area contributed by atoms with Crippen molar-refractivity contribution in [3.8, 4) is 6.07 Å². The molecule has 0 unspecified atom stereocenters. The molecule has 1 saturated heterocycles. The zero-order valence-electron chi connectivity index (χ0n) is 6.88. The van der Waals surface area contributed by atoms with Gasteiger partial charge in [-0.05, 0) is 12.8 Å². The monoisotopic (exact) mass is 168 g/mol. The predicted molar refractivity (Wildman–Crippen MR) is 42.2 cm³/mol. The van der Waals surface area contributed by atoms with E-state index in [0.717, 1.165) is 12.8 Å². The number of nitrogens with zero attached hydrogens (tertiary/aromatic N) is 1. The maximum absolute atomic E-state index is 11.2. The van der Waals surface area contributed by atoms with E-state index in [-0.39, 0.29) is 12.0 Å². The molecule has 1 N–H and O–H groups in total.